The Morgan fingerprint density at radius 3 is 2.40 bits per heavy atom. The summed E-state index contributed by atoms with van der Waals surface area (Å²) in [6.07, 6.45) is -4.34. The zero-order chi connectivity index (χ0) is 14.9. The number of carbonyl (C=O) groups is 1. The first kappa shape index (κ1) is 14.8. The van der Waals surface area contributed by atoms with Crippen LogP contribution in [-0.4, -0.2) is 23.6 Å². The highest BCUT2D eigenvalue weighted by Gasteiger charge is 2.46. The molecule has 0 bridgehead atoms. The van der Waals surface area contributed by atoms with Crippen LogP contribution in [0, 0.1) is 0 Å². The molecule has 110 valence electrons. The Hall–Kier alpha value is -1.56. The van der Waals surface area contributed by atoms with Crippen LogP contribution < -0.4 is 5.43 Å². The van der Waals surface area contributed by atoms with E-state index in [0.29, 0.717) is 0 Å². The molecule has 0 radical (unpaired) electrons. The van der Waals surface area contributed by atoms with Crippen LogP contribution in [0.3, 0.4) is 0 Å². The van der Waals surface area contributed by atoms with E-state index in [9.17, 15) is 18.0 Å². The first-order valence-corrected chi connectivity index (χ1v) is 6.51. The summed E-state index contributed by atoms with van der Waals surface area (Å²) in [7, 11) is 0. The van der Waals surface area contributed by atoms with Crippen LogP contribution >= 0.6 is 0 Å². The zero-order valence-corrected chi connectivity index (χ0v) is 11.4. The minimum absolute atomic E-state index is 0.0644. The number of nitrogens with one attached hydrogen (secondary N) is 1. The average Bonchev–Trinajstić information content (AvgIpc) is 2.74. The molecule has 1 aliphatic heterocycles. The van der Waals surface area contributed by atoms with E-state index in [1.807, 2.05) is 19.9 Å². The van der Waals surface area contributed by atoms with Crippen molar-refractivity contribution in [3.63, 3.8) is 0 Å². The predicted octanol–water partition coefficient (Wildman–Crippen LogP) is 3.15. The number of nitrogens with zero attached hydrogens (tertiary/aromatic N) is 1. The smallest absolute Gasteiger partial charge is 0.288 e. The Labute approximate surface area is 115 Å². The van der Waals surface area contributed by atoms with Crippen molar-refractivity contribution in [1.29, 1.82) is 0 Å². The van der Waals surface area contributed by atoms with Crippen molar-refractivity contribution in [3.8, 4) is 0 Å². The molecule has 2 rings (SSSR count). The molecule has 0 aliphatic carbocycles. The summed E-state index contributed by atoms with van der Waals surface area (Å²) in [5.74, 6) is -0.226. The summed E-state index contributed by atoms with van der Waals surface area (Å²) in [6, 6.07) is 4.65. The van der Waals surface area contributed by atoms with E-state index in [-0.39, 0.29) is 30.4 Å². The van der Waals surface area contributed by atoms with Gasteiger partial charge in [0.05, 0.1) is 0 Å². The van der Waals surface area contributed by atoms with E-state index in [0.717, 1.165) is 10.6 Å². The molecule has 1 atom stereocenters. The molecule has 1 aromatic carbocycles. The fourth-order valence-corrected chi connectivity index (χ4v) is 2.32. The third kappa shape index (κ3) is 3.12. The van der Waals surface area contributed by atoms with Gasteiger partial charge in [0.2, 0.25) is 5.91 Å². The molecule has 1 aliphatic rings. The molecule has 1 aromatic rings. The van der Waals surface area contributed by atoms with Crippen LogP contribution in [0.5, 0.6) is 0 Å². The van der Waals surface area contributed by atoms with Gasteiger partial charge in [-0.1, -0.05) is 38.1 Å². The fourth-order valence-electron chi connectivity index (χ4n) is 2.32. The Kier molecular flexibility index (Phi) is 4.04. The van der Waals surface area contributed by atoms with Crippen LogP contribution in [0.15, 0.2) is 24.3 Å². The number of benzene rings is 1. The van der Waals surface area contributed by atoms with E-state index >= 15 is 0 Å². The Balaban J connectivity index is 2.36. The summed E-state index contributed by atoms with van der Waals surface area (Å²) >= 11 is 0. The molecule has 1 fully saturated rings. The van der Waals surface area contributed by atoms with Gasteiger partial charge in [0.25, 0.3) is 0 Å². The van der Waals surface area contributed by atoms with Gasteiger partial charge in [-0.25, -0.2) is 5.01 Å². The molecule has 1 amide bonds. The fraction of sp³-hybridized carbons (Fsp3) is 0.500. The molecular weight excluding hydrogens is 269 g/mol. The van der Waals surface area contributed by atoms with Gasteiger partial charge in [0, 0.05) is 13.0 Å². The third-order valence-corrected chi connectivity index (χ3v) is 3.36. The van der Waals surface area contributed by atoms with Gasteiger partial charge in [-0.2, -0.15) is 13.2 Å². The lowest BCUT2D eigenvalue weighted by Gasteiger charge is -2.29. The molecule has 1 heterocycles. The molecule has 0 aromatic heterocycles. The lowest BCUT2D eigenvalue weighted by molar-refractivity contribution is -0.191. The molecule has 0 saturated carbocycles. The molecule has 0 spiro atoms. The lowest BCUT2D eigenvalue weighted by atomic mass is 9.97. The molecule has 1 unspecified atom stereocenters. The number of hydrazine groups is 1. The van der Waals surface area contributed by atoms with Gasteiger partial charge in [-0.15, -0.1) is 0 Å². The van der Waals surface area contributed by atoms with Gasteiger partial charge < -0.3 is 0 Å². The van der Waals surface area contributed by atoms with E-state index in [1.165, 1.54) is 6.07 Å². The van der Waals surface area contributed by atoms with Crippen LogP contribution in [-0.2, 0) is 4.79 Å². The summed E-state index contributed by atoms with van der Waals surface area (Å²) in [6.45, 7) is 3.92. The van der Waals surface area contributed by atoms with Gasteiger partial charge in [0.15, 0.2) is 0 Å². The van der Waals surface area contributed by atoms with Gasteiger partial charge in [-0.05, 0) is 17.0 Å². The number of halogens is 3. The quantitative estimate of drug-likeness (QED) is 0.925. The lowest BCUT2D eigenvalue weighted by Crippen LogP contribution is -2.43. The highest BCUT2D eigenvalue weighted by Crippen LogP contribution is 2.38. The second-order valence-corrected chi connectivity index (χ2v) is 5.25. The van der Waals surface area contributed by atoms with Gasteiger partial charge in [0.1, 0.15) is 6.04 Å². The Morgan fingerprint density at radius 2 is 1.90 bits per heavy atom. The molecule has 3 nitrogen and oxygen atoms in total. The molecule has 6 heteroatoms. The first-order chi connectivity index (χ1) is 9.29. The van der Waals surface area contributed by atoms with Crippen molar-refractivity contribution >= 4 is 5.91 Å². The highest BCUT2D eigenvalue weighted by atomic mass is 19.4. The van der Waals surface area contributed by atoms with Gasteiger partial charge >= 0.3 is 6.18 Å². The second-order valence-electron chi connectivity index (χ2n) is 5.25. The average molecular weight is 286 g/mol. The Morgan fingerprint density at radius 1 is 1.25 bits per heavy atom. The monoisotopic (exact) mass is 286 g/mol. The maximum absolute atomic E-state index is 13.3. The van der Waals surface area contributed by atoms with Crippen molar-refractivity contribution in [2.24, 2.45) is 0 Å². The topological polar surface area (TPSA) is 32.3 Å². The van der Waals surface area contributed by atoms with E-state index in [2.05, 4.69) is 5.43 Å². The van der Waals surface area contributed by atoms with Crippen LogP contribution in [0.4, 0.5) is 13.2 Å². The largest absolute Gasteiger partial charge is 0.409 e. The zero-order valence-electron chi connectivity index (χ0n) is 11.4. The normalized spacial score (nSPS) is 18.4. The van der Waals surface area contributed by atoms with E-state index in [1.54, 1.807) is 12.1 Å². The summed E-state index contributed by atoms with van der Waals surface area (Å²) < 4.78 is 40.0. The number of hydrogen-bond acceptors (Lipinski definition) is 2. The number of alkyl halides is 3. The highest BCUT2D eigenvalue weighted by molar-refractivity contribution is 5.77. The maximum atomic E-state index is 13.3. The van der Waals surface area contributed by atoms with Crippen LogP contribution in [0.1, 0.15) is 43.4 Å². The molecule has 1 saturated heterocycles. The summed E-state index contributed by atoms with van der Waals surface area (Å²) in [5, 5.41) is 0.974. The third-order valence-electron chi connectivity index (χ3n) is 3.36. The van der Waals surface area contributed by atoms with Crippen molar-refractivity contribution in [2.45, 2.75) is 38.4 Å². The number of carbonyl (C=O) groups excluding carboxylic acids is 1. The first-order valence-electron chi connectivity index (χ1n) is 6.51. The van der Waals surface area contributed by atoms with Gasteiger partial charge in [-0.3, -0.25) is 10.2 Å². The number of amides is 1. The standard InChI is InChI=1S/C14H17F3N2O/c1-9(2)10-4-3-5-11(8-10)13(14(15,16)17)19-7-6-12(20)18-19/h3-5,8-9,13H,6-7H2,1-2H3,(H,18,20). The minimum Gasteiger partial charge on any atom is -0.288 e. The summed E-state index contributed by atoms with van der Waals surface area (Å²) in [4.78, 5) is 11.2. The van der Waals surface area contributed by atoms with Crippen molar-refractivity contribution < 1.29 is 18.0 Å². The van der Waals surface area contributed by atoms with Crippen molar-refractivity contribution in [2.75, 3.05) is 6.54 Å². The minimum atomic E-state index is -4.44. The second kappa shape index (κ2) is 5.44. The maximum Gasteiger partial charge on any atom is 0.409 e. The number of rotatable bonds is 3. The molecule has 20 heavy (non-hydrogen) atoms. The van der Waals surface area contributed by atoms with E-state index in [4.69, 9.17) is 0 Å². The predicted molar refractivity (Wildman–Crippen MR) is 68.8 cm³/mol. The van der Waals surface area contributed by atoms with E-state index < -0.39 is 12.2 Å². The van der Waals surface area contributed by atoms with Crippen molar-refractivity contribution in [1.82, 2.24) is 10.4 Å². The SMILES string of the molecule is CC(C)c1cccc(C(N2CCC(=O)N2)C(F)(F)F)c1. The van der Waals surface area contributed by atoms with Crippen molar-refractivity contribution in [3.05, 3.63) is 35.4 Å². The van der Waals surface area contributed by atoms with Crippen LogP contribution in [0.25, 0.3) is 0 Å². The molecule has 1 N–H and O–H groups in total. The molecular formula is C14H17F3N2O. The Bertz CT molecular complexity index is 499. The summed E-state index contributed by atoms with van der Waals surface area (Å²) in [5.41, 5.74) is 3.29. The van der Waals surface area contributed by atoms with Crippen LogP contribution in [0.2, 0.25) is 0 Å². The number of hydrogen-bond donors (Lipinski definition) is 1.